The van der Waals surface area contributed by atoms with Crippen molar-refractivity contribution in [3.05, 3.63) is 0 Å². The number of carbonyl (C=O) groups is 1. The van der Waals surface area contributed by atoms with E-state index in [9.17, 15) is 4.79 Å². The molecule has 0 aromatic carbocycles. The second-order valence-electron chi connectivity index (χ2n) is 4.19. The lowest BCUT2D eigenvalue weighted by atomic mass is 10.1. The van der Waals surface area contributed by atoms with E-state index in [0.29, 0.717) is 12.1 Å². The van der Waals surface area contributed by atoms with Crippen molar-refractivity contribution in [1.29, 1.82) is 0 Å². The number of piperidine rings is 1. The van der Waals surface area contributed by atoms with Crippen LogP contribution in [0.3, 0.4) is 0 Å². The smallest absolute Gasteiger partial charge is 0.226 e. The summed E-state index contributed by atoms with van der Waals surface area (Å²) in [4.78, 5) is 13.7. The maximum Gasteiger partial charge on any atom is 0.226 e. The average molecular weight is 182 g/mol. The molecule has 1 N–H and O–H groups in total. The SMILES string of the molecule is CC1CCN(C2CCCCN2)C1=O. The summed E-state index contributed by atoms with van der Waals surface area (Å²) in [7, 11) is 0. The van der Waals surface area contributed by atoms with Crippen LogP contribution in [0.2, 0.25) is 0 Å². The van der Waals surface area contributed by atoms with Crippen molar-refractivity contribution in [3.63, 3.8) is 0 Å². The predicted octanol–water partition coefficient (Wildman–Crippen LogP) is 0.954. The van der Waals surface area contributed by atoms with Gasteiger partial charge in [0.1, 0.15) is 0 Å². The van der Waals surface area contributed by atoms with Crippen LogP contribution in [0.5, 0.6) is 0 Å². The third-order valence-electron chi connectivity index (χ3n) is 3.17. The quantitative estimate of drug-likeness (QED) is 0.655. The summed E-state index contributed by atoms with van der Waals surface area (Å²) in [6.07, 6.45) is 5.03. The van der Waals surface area contributed by atoms with Crippen molar-refractivity contribution < 1.29 is 4.79 Å². The van der Waals surface area contributed by atoms with Crippen molar-refractivity contribution in [3.8, 4) is 0 Å². The normalized spacial score (nSPS) is 35.5. The van der Waals surface area contributed by atoms with Gasteiger partial charge >= 0.3 is 0 Å². The van der Waals surface area contributed by atoms with E-state index >= 15 is 0 Å². The lowest BCUT2D eigenvalue weighted by Crippen LogP contribution is -2.49. The Labute approximate surface area is 79.5 Å². The summed E-state index contributed by atoms with van der Waals surface area (Å²) in [5.74, 6) is 0.600. The lowest BCUT2D eigenvalue weighted by Gasteiger charge is -2.32. The van der Waals surface area contributed by atoms with Crippen molar-refractivity contribution in [1.82, 2.24) is 10.2 Å². The van der Waals surface area contributed by atoms with Gasteiger partial charge in [-0.2, -0.15) is 0 Å². The highest BCUT2D eigenvalue weighted by Gasteiger charge is 2.33. The van der Waals surface area contributed by atoms with Gasteiger partial charge in [0.2, 0.25) is 5.91 Å². The van der Waals surface area contributed by atoms with Gasteiger partial charge in [-0.1, -0.05) is 6.92 Å². The monoisotopic (exact) mass is 182 g/mol. The third-order valence-corrected chi connectivity index (χ3v) is 3.17. The molecule has 0 bridgehead atoms. The van der Waals surface area contributed by atoms with Gasteiger partial charge in [0, 0.05) is 12.5 Å². The standard InChI is InChI=1S/C10H18N2O/c1-8-5-7-12(10(8)13)9-4-2-3-6-11-9/h8-9,11H,2-7H2,1H3. The highest BCUT2D eigenvalue weighted by atomic mass is 16.2. The number of nitrogens with zero attached hydrogens (tertiary/aromatic N) is 1. The van der Waals surface area contributed by atoms with E-state index in [4.69, 9.17) is 0 Å². The molecule has 13 heavy (non-hydrogen) atoms. The third kappa shape index (κ3) is 1.70. The molecule has 2 fully saturated rings. The van der Waals surface area contributed by atoms with E-state index in [0.717, 1.165) is 25.9 Å². The topological polar surface area (TPSA) is 32.3 Å². The zero-order valence-corrected chi connectivity index (χ0v) is 8.25. The molecular weight excluding hydrogens is 164 g/mol. The highest BCUT2D eigenvalue weighted by molar-refractivity contribution is 5.80. The van der Waals surface area contributed by atoms with Crippen molar-refractivity contribution >= 4 is 5.91 Å². The highest BCUT2D eigenvalue weighted by Crippen LogP contribution is 2.22. The average Bonchev–Trinajstić information content (AvgIpc) is 2.49. The van der Waals surface area contributed by atoms with Gasteiger partial charge in [-0.25, -0.2) is 0 Å². The lowest BCUT2D eigenvalue weighted by molar-refractivity contribution is -0.133. The van der Waals surface area contributed by atoms with Gasteiger partial charge in [-0.05, 0) is 32.2 Å². The molecule has 2 atom stereocenters. The van der Waals surface area contributed by atoms with Crippen LogP contribution in [0, 0.1) is 5.92 Å². The second-order valence-corrected chi connectivity index (χ2v) is 4.19. The number of nitrogens with one attached hydrogen (secondary N) is 1. The maximum absolute atomic E-state index is 11.7. The Kier molecular flexibility index (Phi) is 2.54. The van der Waals surface area contributed by atoms with Gasteiger partial charge in [0.15, 0.2) is 0 Å². The number of amides is 1. The second kappa shape index (κ2) is 3.66. The zero-order chi connectivity index (χ0) is 9.26. The van der Waals surface area contributed by atoms with Gasteiger partial charge in [-0.3, -0.25) is 10.1 Å². The van der Waals surface area contributed by atoms with E-state index in [2.05, 4.69) is 5.32 Å². The van der Waals surface area contributed by atoms with Crippen LogP contribution in [-0.2, 0) is 4.79 Å². The first-order valence-electron chi connectivity index (χ1n) is 5.33. The minimum Gasteiger partial charge on any atom is -0.327 e. The van der Waals surface area contributed by atoms with Gasteiger partial charge in [-0.15, -0.1) is 0 Å². The fourth-order valence-corrected chi connectivity index (χ4v) is 2.26. The molecule has 74 valence electrons. The number of hydrogen-bond acceptors (Lipinski definition) is 2. The van der Waals surface area contributed by atoms with Gasteiger partial charge < -0.3 is 4.90 Å². The Morgan fingerprint density at radius 2 is 2.23 bits per heavy atom. The number of likely N-dealkylation sites (tertiary alicyclic amines) is 1. The molecule has 2 heterocycles. The fourth-order valence-electron chi connectivity index (χ4n) is 2.26. The van der Waals surface area contributed by atoms with Crippen molar-refractivity contribution in [2.45, 2.75) is 38.8 Å². The summed E-state index contributed by atoms with van der Waals surface area (Å²) in [6, 6.07) is 0. The maximum atomic E-state index is 11.7. The Morgan fingerprint density at radius 1 is 1.38 bits per heavy atom. The van der Waals surface area contributed by atoms with Crippen LogP contribution in [0.1, 0.15) is 32.6 Å². The van der Waals surface area contributed by atoms with Gasteiger partial charge in [0.05, 0.1) is 6.17 Å². The number of hydrogen-bond donors (Lipinski definition) is 1. The molecule has 2 aliphatic heterocycles. The molecule has 1 amide bonds. The fraction of sp³-hybridized carbons (Fsp3) is 0.900. The molecule has 3 nitrogen and oxygen atoms in total. The van der Waals surface area contributed by atoms with E-state index in [-0.39, 0.29) is 5.92 Å². The Morgan fingerprint density at radius 3 is 2.77 bits per heavy atom. The van der Waals surface area contributed by atoms with Crippen molar-refractivity contribution in [2.75, 3.05) is 13.1 Å². The summed E-state index contributed by atoms with van der Waals surface area (Å²) in [5.41, 5.74) is 0. The molecule has 0 radical (unpaired) electrons. The first-order valence-corrected chi connectivity index (χ1v) is 5.33. The molecule has 2 saturated heterocycles. The van der Waals surface area contributed by atoms with E-state index in [1.165, 1.54) is 12.8 Å². The summed E-state index contributed by atoms with van der Waals surface area (Å²) < 4.78 is 0. The molecule has 0 spiro atoms. The molecule has 0 aromatic rings. The van der Waals surface area contributed by atoms with Gasteiger partial charge in [0.25, 0.3) is 0 Å². The van der Waals surface area contributed by atoms with Crippen LogP contribution in [0.25, 0.3) is 0 Å². The molecule has 0 saturated carbocycles. The van der Waals surface area contributed by atoms with Crippen LogP contribution in [0.15, 0.2) is 0 Å². The molecule has 0 aromatic heterocycles. The van der Waals surface area contributed by atoms with Crippen LogP contribution >= 0.6 is 0 Å². The van der Waals surface area contributed by atoms with E-state index in [1.807, 2.05) is 11.8 Å². The molecule has 2 rings (SSSR count). The minimum atomic E-state index is 0.253. The Hall–Kier alpha value is -0.570. The van der Waals surface area contributed by atoms with Crippen LogP contribution in [0.4, 0.5) is 0 Å². The number of carbonyl (C=O) groups excluding carboxylic acids is 1. The summed E-state index contributed by atoms with van der Waals surface area (Å²) >= 11 is 0. The Bertz CT molecular complexity index is 199. The number of rotatable bonds is 1. The summed E-state index contributed by atoms with van der Waals surface area (Å²) in [6.45, 7) is 4.06. The molecule has 0 aliphatic carbocycles. The van der Waals surface area contributed by atoms with E-state index in [1.54, 1.807) is 0 Å². The van der Waals surface area contributed by atoms with Crippen LogP contribution in [-0.4, -0.2) is 30.1 Å². The molecule has 3 heteroatoms. The molecular formula is C10H18N2O. The zero-order valence-electron chi connectivity index (χ0n) is 8.25. The van der Waals surface area contributed by atoms with E-state index < -0.39 is 0 Å². The summed E-state index contributed by atoms with van der Waals surface area (Å²) in [5, 5.41) is 3.42. The molecule has 2 aliphatic rings. The Balaban J connectivity index is 1.96. The largest absolute Gasteiger partial charge is 0.327 e. The van der Waals surface area contributed by atoms with Crippen LogP contribution < -0.4 is 5.32 Å². The van der Waals surface area contributed by atoms with Crippen molar-refractivity contribution in [2.24, 2.45) is 5.92 Å². The predicted molar refractivity (Wildman–Crippen MR) is 51.1 cm³/mol. The first kappa shape index (κ1) is 9.00. The first-order chi connectivity index (χ1) is 6.29. The molecule has 2 unspecified atom stereocenters. The minimum absolute atomic E-state index is 0.253.